The van der Waals surface area contributed by atoms with Gasteiger partial charge in [-0.15, -0.1) is 0 Å². The van der Waals surface area contributed by atoms with Gasteiger partial charge < -0.3 is 19.0 Å². The lowest BCUT2D eigenvalue weighted by Gasteiger charge is -2.13. The van der Waals surface area contributed by atoms with Crippen LogP contribution in [-0.2, 0) is 30.4 Å². The minimum absolute atomic E-state index is 0.134. The van der Waals surface area contributed by atoms with Crippen LogP contribution in [0.2, 0.25) is 0 Å². The lowest BCUT2D eigenvalue weighted by atomic mass is 10.0. The van der Waals surface area contributed by atoms with Crippen molar-refractivity contribution in [3.8, 4) is 0 Å². The van der Waals surface area contributed by atoms with Gasteiger partial charge >= 0.3 is 5.97 Å². The summed E-state index contributed by atoms with van der Waals surface area (Å²) in [4.78, 5) is 17.8. The fraction of sp³-hybridized carbons (Fsp3) is 0.238. The van der Waals surface area contributed by atoms with E-state index in [-0.39, 0.29) is 12.2 Å². The maximum atomic E-state index is 12.1. The van der Waals surface area contributed by atoms with Gasteiger partial charge in [-0.25, -0.2) is 4.79 Å². The minimum atomic E-state index is -0.506. The number of ether oxygens (including phenoxy) is 3. The van der Waals surface area contributed by atoms with Gasteiger partial charge in [0.05, 0.1) is 27.1 Å². The molecule has 0 fully saturated rings. The van der Waals surface area contributed by atoms with Crippen LogP contribution in [0.3, 0.4) is 0 Å². The molecule has 148 valence electrons. The van der Waals surface area contributed by atoms with Gasteiger partial charge in [-0.2, -0.15) is 0 Å². The third-order valence-corrected chi connectivity index (χ3v) is 4.56. The van der Waals surface area contributed by atoms with Crippen LogP contribution in [0.4, 0.5) is 0 Å². The van der Waals surface area contributed by atoms with Crippen molar-refractivity contribution in [2.24, 2.45) is 5.16 Å². The number of halogens is 1. The second-order valence-corrected chi connectivity index (χ2v) is 6.49. The lowest BCUT2D eigenvalue weighted by molar-refractivity contribution is -0.133. The van der Waals surface area contributed by atoms with E-state index in [1.807, 2.05) is 42.5 Å². The molecule has 0 N–H and O–H groups in total. The number of carbonyl (C=O) groups excluding carboxylic acids is 1. The third-order valence-electron chi connectivity index (χ3n) is 3.82. The Labute approximate surface area is 172 Å². The summed E-state index contributed by atoms with van der Waals surface area (Å²) in [5.41, 5.74) is 3.23. The molecular formula is C21H22BrNO5. The number of carbonyl (C=O) groups is 1. The van der Waals surface area contributed by atoms with Crippen molar-refractivity contribution in [3.63, 3.8) is 0 Å². The highest BCUT2D eigenvalue weighted by Gasteiger charge is 2.19. The van der Waals surface area contributed by atoms with E-state index in [4.69, 9.17) is 19.0 Å². The van der Waals surface area contributed by atoms with Gasteiger partial charge in [0.15, 0.2) is 0 Å². The molecule has 0 bridgehead atoms. The normalized spacial score (nSPS) is 11.9. The fourth-order valence-electron chi connectivity index (χ4n) is 2.51. The van der Waals surface area contributed by atoms with Crippen molar-refractivity contribution >= 4 is 33.2 Å². The SMILES string of the molecule is CO/C=C(/C(=O)OC)c1cccc(Br)c1CO/N=C(\COC)c1ccccc1. The van der Waals surface area contributed by atoms with Gasteiger partial charge in [0.1, 0.15) is 17.9 Å². The van der Waals surface area contributed by atoms with Crippen molar-refractivity contribution < 1.29 is 23.8 Å². The highest BCUT2D eigenvalue weighted by atomic mass is 79.9. The predicted octanol–water partition coefficient (Wildman–Crippen LogP) is 4.18. The van der Waals surface area contributed by atoms with Crippen LogP contribution in [-0.4, -0.2) is 39.6 Å². The molecule has 0 aliphatic heterocycles. The molecule has 0 radical (unpaired) electrons. The minimum Gasteiger partial charge on any atom is -0.503 e. The van der Waals surface area contributed by atoms with Gasteiger partial charge in [0.2, 0.25) is 0 Å². The summed E-state index contributed by atoms with van der Waals surface area (Å²) in [5.74, 6) is -0.506. The molecule has 0 unspecified atom stereocenters. The molecule has 7 heteroatoms. The van der Waals surface area contributed by atoms with E-state index in [1.165, 1.54) is 20.5 Å². The molecule has 0 heterocycles. The van der Waals surface area contributed by atoms with E-state index >= 15 is 0 Å². The molecule has 0 aliphatic carbocycles. The molecule has 0 saturated heterocycles. The van der Waals surface area contributed by atoms with Crippen LogP contribution in [0.1, 0.15) is 16.7 Å². The third kappa shape index (κ3) is 5.68. The van der Waals surface area contributed by atoms with Gasteiger partial charge in [-0.1, -0.05) is 63.6 Å². The van der Waals surface area contributed by atoms with Gasteiger partial charge in [-0.05, 0) is 11.6 Å². The summed E-state index contributed by atoms with van der Waals surface area (Å²) in [6, 6.07) is 15.1. The van der Waals surface area contributed by atoms with Crippen LogP contribution < -0.4 is 0 Å². The van der Waals surface area contributed by atoms with Crippen LogP contribution in [0.25, 0.3) is 5.57 Å². The Morgan fingerprint density at radius 2 is 1.82 bits per heavy atom. The second-order valence-electron chi connectivity index (χ2n) is 5.64. The number of benzene rings is 2. The molecule has 0 saturated carbocycles. The molecule has 2 aromatic carbocycles. The molecule has 6 nitrogen and oxygen atoms in total. The number of hydrogen-bond acceptors (Lipinski definition) is 6. The van der Waals surface area contributed by atoms with E-state index in [9.17, 15) is 4.79 Å². The summed E-state index contributed by atoms with van der Waals surface area (Å²) in [7, 11) is 4.39. The van der Waals surface area contributed by atoms with E-state index in [2.05, 4.69) is 21.1 Å². The van der Waals surface area contributed by atoms with Crippen molar-refractivity contribution in [2.45, 2.75) is 6.61 Å². The first-order valence-electron chi connectivity index (χ1n) is 8.44. The number of rotatable bonds is 9. The summed E-state index contributed by atoms with van der Waals surface area (Å²) in [6.45, 7) is 0.443. The van der Waals surface area contributed by atoms with Gasteiger partial charge in [-0.3, -0.25) is 0 Å². The Bertz CT molecular complexity index is 849. The molecule has 2 rings (SSSR count). The van der Waals surface area contributed by atoms with Crippen LogP contribution in [0.15, 0.2) is 64.4 Å². The molecule has 0 amide bonds. The molecule has 0 atom stereocenters. The first-order valence-corrected chi connectivity index (χ1v) is 9.23. The van der Waals surface area contributed by atoms with E-state index in [0.717, 1.165) is 15.6 Å². The quantitative estimate of drug-likeness (QED) is 0.189. The maximum Gasteiger partial charge on any atom is 0.341 e. The first-order chi connectivity index (χ1) is 13.6. The Morgan fingerprint density at radius 1 is 1.07 bits per heavy atom. The van der Waals surface area contributed by atoms with Crippen LogP contribution in [0, 0.1) is 0 Å². The summed E-state index contributed by atoms with van der Waals surface area (Å²) < 4.78 is 15.9. The van der Waals surface area contributed by atoms with Crippen molar-refractivity contribution in [3.05, 3.63) is 76.0 Å². The standard InChI is InChI=1S/C21H22BrNO5/c1-25-12-18(21(24)27-3)16-10-7-11-19(22)17(16)13-28-23-20(14-26-2)15-8-5-4-6-9-15/h4-12H,13-14H2,1-3H3/b18-12+,23-20+. The molecular weight excluding hydrogens is 426 g/mol. The Hall–Kier alpha value is -2.64. The molecule has 0 spiro atoms. The Morgan fingerprint density at radius 3 is 2.46 bits per heavy atom. The topological polar surface area (TPSA) is 66.4 Å². The van der Waals surface area contributed by atoms with Crippen molar-refractivity contribution in [1.82, 2.24) is 0 Å². The zero-order valence-electron chi connectivity index (χ0n) is 16.0. The Balaban J connectivity index is 2.31. The Kier molecular flexibility index (Phi) is 8.71. The van der Waals surface area contributed by atoms with Crippen molar-refractivity contribution in [1.29, 1.82) is 0 Å². The average Bonchev–Trinajstić information content (AvgIpc) is 2.72. The highest BCUT2D eigenvalue weighted by molar-refractivity contribution is 9.10. The fourth-order valence-corrected chi connectivity index (χ4v) is 2.99. The molecule has 0 aromatic heterocycles. The average molecular weight is 448 g/mol. The summed E-state index contributed by atoms with van der Waals surface area (Å²) in [5, 5.41) is 4.24. The monoisotopic (exact) mass is 447 g/mol. The number of nitrogens with zero attached hydrogens (tertiary/aromatic N) is 1. The number of esters is 1. The summed E-state index contributed by atoms with van der Waals surface area (Å²) >= 11 is 3.51. The van der Waals surface area contributed by atoms with Crippen LogP contribution in [0.5, 0.6) is 0 Å². The largest absolute Gasteiger partial charge is 0.503 e. The lowest BCUT2D eigenvalue weighted by Crippen LogP contribution is -2.10. The number of hydrogen-bond donors (Lipinski definition) is 0. The maximum absolute atomic E-state index is 12.1. The zero-order valence-corrected chi connectivity index (χ0v) is 17.6. The second kappa shape index (κ2) is 11.3. The number of oxime groups is 1. The van der Waals surface area contributed by atoms with E-state index in [0.29, 0.717) is 17.9 Å². The predicted molar refractivity (Wildman–Crippen MR) is 111 cm³/mol. The first kappa shape index (κ1) is 21.7. The molecule has 0 aliphatic rings. The molecule has 28 heavy (non-hydrogen) atoms. The van der Waals surface area contributed by atoms with Crippen LogP contribution >= 0.6 is 15.9 Å². The van der Waals surface area contributed by atoms with E-state index in [1.54, 1.807) is 13.2 Å². The van der Waals surface area contributed by atoms with Gasteiger partial charge in [0.25, 0.3) is 0 Å². The van der Waals surface area contributed by atoms with Crippen molar-refractivity contribution in [2.75, 3.05) is 27.9 Å². The highest BCUT2D eigenvalue weighted by Crippen LogP contribution is 2.28. The van der Waals surface area contributed by atoms with Gasteiger partial charge in [0, 0.05) is 22.7 Å². The smallest absolute Gasteiger partial charge is 0.341 e. The number of methoxy groups -OCH3 is 3. The van der Waals surface area contributed by atoms with E-state index < -0.39 is 5.97 Å². The zero-order chi connectivity index (χ0) is 20.4. The molecule has 2 aromatic rings. The summed E-state index contributed by atoms with van der Waals surface area (Å²) in [6.07, 6.45) is 1.35.